The fraction of sp³-hybridized carbons (Fsp3) is 0.381. The van der Waals surface area contributed by atoms with Crippen LogP contribution in [0.25, 0.3) is 11.1 Å². The van der Waals surface area contributed by atoms with Gasteiger partial charge in [-0.25, -0.2) is 0 Å². The molecule has 1 heterocycles. The zero-order valence-corrected chi connectivity index (χ0v) is 14.9. The quantitative estimate of drug-likeness (QED) is 0.857. The van der Waals surface area contributed by atoms with Crippen molar-refractivity contribution in [2.45, 2.75) is 38.6 Å². The van der Waals surface area contributed by atoms with E-state index >= 15 is 0 Å². The number of hydrogen-bond donors (Lipinski definition) is 2. The van der Waals surface area contributed by atoms with Crippen molar-refractivity contribution in [1.29, 1.82) is 0 Å². The molecule has 1 aliphatic carbocycles. The number of carbonyl (C=O) groups is 2. The first-order chi connectivity index (χ1) is 12.5. The number of nitrogens with zero attached hydrogens (tertiary/aromatic N) is 1. The second-order valence-electron chi connectivity index (χ2n) is 6.97. The maximum Gasteiger partial charge on any atom is 0.306 e. The maximum absolute atomic E-state index is 12.5. The molecule has 1 fully saturated rings. The highest BCUT2D eigenvalue weighted by Gasteiger charge is 2.30. The fourth-order valence-corrected chi connectivity index (χ4v) is 3.53. The smallest absolute Gasteiger partial charge is 0.306 e. The van der Waals surface area contributed by atoms with Crippen LogP contribution >= 0.6 is 0 Å². The molecule has 0 spiro atoms. The van der Waals surface area contributed by atoms with Gasteiger partial charge in [-0.3, -0.25) is 14.6 Å². The molecule has 0 aliphatic heterocycles. The molecule has 2 aromatic rings. The SMILES string of the molecule is CC(NC(=O)C1CCC(C(=O)O)CC1)c1ccc(-c2ccncc2)cc1. The van der Waals surface area contributed by atoms with E-state index in [9.17, 15) is 9.59 Å². The number of nitrogens with one attached hydrogen (secondary N) is 1. The van der Waals surface area contributed by atoms with Gasteiger partial charge in [0.05, 0.1) is 12.0 Å². The van der Waals surface area contributed by atoms with Gasteiger partial charge in [0.2, 0.25) is 5.91 Å². The fourth-order valence-electron chi connectivity index (χ4n) is 3.53. The molecular formula is C21H24N2O3. The van der Waals surface area contributed by atoms with Crippen molar-refractivity contribution in [3.8, 4) is 11.1 Å². The Hall–Kier alpha value is -2.69. The highest BCUT2D eigenvalue weighted by molar-refractivity contribution is 5.79. The number of carboxylic acids is 1. The number of aliphatic carboxylic acids is 1. The van der Waals surface area contributed by atoms with E-state index in [4.69, 9.17) is 5.11 Å². The number of rotatable bonds is 5. The Morgan fingerprint density at radius 1 is 0.962 bits per heavy atom. The number of amides is 1. The first kappa shape index (κ1) is 18.1. The van der Waals surface area contributed by atoms with Crippen LogP contribution in [-0.2, 0) is 9.59 Å². The molecule has 0 bridgehead atoms. The van der Waals surface area contributed by atoms with Gasteiger partial charge in [0.25, 0.3) is 0 Å². The van der Waals surface area contributed by atoms with Gasteiger partial charge in [-0.15, -0.1) is 0 Å². The van der Waals surface area contributed by atoms with Crippen molar-refractivity contribution in [2.24, 2.45) is 11.8 Å². The van der Waals surface area contributed by atoms with Crippen LogP contribution in [0.15, 0.2) is 48.8 Å². The van der Waals surface area contributed by atoms with Gasteiger partial charge in [-0.2, -0.15) is 0 Å². The van der Waals surface area contributed by atoms with Gasteiger partial charge in [0.15, 0.2) is 0 Å². The molecule has 1 aromatic carbocycles. The van der Waals surface area contributed by atoms with Crippen LogP contribution in [0.4, 0.5) is 0 Å². The molecule has 136 valence electrons. The minimum atomic E-state index is -0.744. The van der Waals surface area contributed by atoms with Crippen molar-refractivity contribution >= 4 is 11.9 Å². The first-order valence-electron chi connectivity index (χ1n) is 9.08. The topological polar surface area (TPSA) is 79.3 Å². The average Bonchev–Trinajstić information content (AvgIpc) is 2.68. The third-order valence-electron chi connectivity index (χ3n) is 5.23. The summed E-state index contributed by atoms with van der Waals surface area (Å²) in [5.74, 6) is -1.09. The minimum Gasteiger partial charge on any atom is -0.481 e. The van der Waals surface area contributed by atoms with Gasteiger partial charge in [-0.05, 0) is 61.4 Å². The lowest BCUT2D eigenvalue weighted by molar-refractivity contribution is -0.144. The summed E-state index contributed by atoms with van der Waals surface area (Å²) in [7, 11) is 0. The van der Waals surface area contributed by atoms with E-state index in [1.165, 1.54) is 0 Å². The van der Waals surface area contributed by atoms with E-state index in [1.54, 1.807) is 12.4 Å². The number of carboxylic acid groups (broad SMARTS) is 1. The Balaban J connectivity index is 1.57. The summed E-state index contributed by atoms with van der Waals surface area (Å²) in [5, 5.41) is 12.1. The predicted molar refractivity (Wildman–Crippen MR) is 99.3 cm³/mol. The van der Waals surface area contributed by atoms with Gasteiger partial charge < -0.3 is 10.4 Å². The molecule has 3 rings (SSSR count). The van der Waals surface area contributed by atoms with Gasteiger partial charge in [0, 0.05) is 18.3 Å². The highest BCUT2D eigenvalue weighted by Crippen LogP contribution is 2.30. The average molecular weight is 352 g/mol. The van der Waals surface area contributed by atoms with Gasteiger partial charge in [-0.1, -0.05) is 24.3 Å². The van der Waals surface area contributed by atoms with Gasteiger partial charge in [0.1, 0.15) is 0 Å². The largest absolute Gasteiger partial charge is 0.481 e. The minimum absolute atomic E-state index is 0.0274. The molecular weight excluding hydrogens is 328 g/mol. The molecule has 1 unspecified atom stereocenters. The molecule has 1 aliphatic rings. The van der Waals surface area contributed by atoms with E-state index in [-0.39, 0.29) is 23.8 Å². The summed E-state index contributed by atoms with van der Waals surface area (Å²) in [6.07, 6.45) is 6.01. The van der Waals surface area contributed by atoms with Crippen molar-refractivity contribution in [1.82, 2.24) is 10.3 Å². The van der Waals surface area contributed by atoms with Crippen molar-refractivity contribution < 1.29 is 14.7 Å². The highest BCUT2D eigenvalue weighted by atomic mass is 16.4. The standard InChI is InChI=1S/C21H24N2O3/c1-14(23-20(24)18-6-8-19(9-7-18)21(25)26)15-2-4-16(5-3-15)17-10-12-22-13-11-17/h2-5,10-14,18-19H,6-9H2,1H3,(H,23,24)(H,25,26). The molecule has 1 atom stereocenters. The van der Waals surface area contributed by atoms with E-state index in [1.807, 2.05) is 43.3 Å². The molecule has 0 radical (unpaired) electrons. The Morgan fingerprint density at radius 3 is 2.08 bits per heavy atom. The number of aromatic nitrogens is 1. The normalized spacial score (nSPS) is 21.0. The number of carbonyl (C=O) groups excluding carboxylic acids is 1. The third-order valence-corrected chi connectivity index (χ3v) is 5.23. The first-order valence-corrected chi connectivity index (χ1v) is 9.08. The monoisotopic (exact) mass is 352 g/mol. The Bertz CT molecular complexity index is 751. The zero-order valence-electron chi connectivity index (χ0n) is 14.9. The second-order valence-corrected chi connectivity index (χ2v) is 6.97. The molecule has 5 nitrogen and oxygen atoms in total. The lowest BCUT2D eigenvalue weighted by atomic mass is 9.81. The number of hydrogen-bond acceptors (Lipinski definition) is 3. The summed E-state index contributed by atoms with van der Waals surface area (Å²) in [6, 6.07) is 12.0. The Labute approximate surface area is 153 Å². The Morgan fingerprint density at radius 2 is 1.50 bits per heavy atom. The van der Waals surface area contributed by atoms with Crippen LogP contribution in [0.2, 0.25) is 0 Å². The molecule has 5 heteroatoms. The molecule has 1 amide bonds. The molecule has 1 saturated carbocycles. The third kappa shape index (κ3) is 4.28. The lowest BCUT2D eigenvalue weighted by Crippen LogP contribution is -2.35. The van der Waals surface area contributed by atoms with E-state index in [2.05, 4.69) is 10.3 Å². The van der Waals surface area contributed by atoms with Crippen molar-refractivity contribution in [3.63, 3.8) is 0 Å². The number of pyridine rings is 1. The van der Waals surface area contributed by atoms with E-state index in [0.717, 1.165) is 16.7 Å². The summed E-state index contributed by atoms with van der Waals surface area (Å²) >= 11 is 0. The van der Waals surface area contributed by atoms with Crippen molar-refractivity contribution in [3.05, 3.63) is 54.4 Å². The Kier molecular flexibility index (Phi) is 5.66. The summed E-state index contributed by atoms with van der Waals surface area (Å²) in [4.78, 5) is 27.5. The van der Waals surface area contributed by atoms with Crippen LogP contribution in [0, 0.1) is 11.8 Å². The van der Waals surface area contributed by atoms with Crippen LogP contribution < -0.4 is 5.32 Å². The van der Waals surface area contributed by atoms with Crippen LogP contribution in [-0.4, -0.2) is 22.0 Å². The van der Waals surface area contributed by atoms with E-state index in [0.29, 0.717) is 25.7 Å². The van der Waals surface area contributed by atoms with Crippen LogP contribution in [0.3, 0.4) is 0 Å². The van der Waals surface area contributed by atoms with Crippen molar-refractivity contribution in [2.75, 3.05) is 0 Å². The molecule has 26 heavy (non-hydrogen) atoms. The lowest BCUT2D eigenvalue weighted by Gasteiger charge is -2.26. The van der Waals surface area contributed by atoms with Crippen LogP contribution in [0.5, 0.6) is 0 Å². The molecule has 0 saturated heterocycles. The summed E-state index contributed by atoms with van der Waals surface area (Å²) < 4.78 is 0. The van der Waals surface area contributed by atoms with Crippen LogP contribution in [0.1, 0.15) is 44.2 Å². The van der Waals surface area contributed by atoms with Gasteiger partial charge >= 0.3 is 5.97 Å². The molecule has 2 N–H and O–H groups in total. The zero-order chi connectivity index (χ0) is 18.5. The number of benzene rings is 1. The summed E-state index contributed by atoms with van der Waals surface area (Å²) in [5.41, 5.74) is 3.27. The summed E-state index contributed by atoms with van der Waals surface area (Å²) in [6.45, 7) is 1.97. The second kappa shape index (κ2) is 8.13. The van der Waals surface area contributed by atoms with E-state index < -0.39 is 5.97 Å². The molecule has 1 aromatic heterocycles. The predicted octanol–water partition coefficient (Wildman–Crippen LogP) is 3.82. The maximum atomic E-state index is 12.5.